The number of ether oxygens (including phenoxy) is 2. The van der Waals surface area contributed by atoms with Gasteiger partial charge in [-0.15, -0.1) is 0 Å². The molecule has 1 amide bonds. The van der Waals surface area contributed by atoms with Gasteiger partial charge in [-0.1, -0.05) is 6.07 Å². The Balaban J connectivity index is 1.78. The standard InChI is InChI=1S/C22H25NO5/c1-14-17(7-4-8-18(14)24)22(26)23-11-5-6-16(13-23)21(25)15-9-10-19(27-2)20(12-15)28-3/h4,7-10,12,16,24H,5-6,11,13H2,1-3H3. The highest BCUT2D eigenvalue weighted by molar-refractivity contribution is 6.00. The van der Waals surface area contributed by atoms with Gasteiger partial charge in [-0.25, -0.2) is 0 Å². The molecule has 1 heterocycles. The summed E-state index contributed by atoms with van der Waals surface area (Å²) in [4.78, 5) is 27.7. The van der Waals surface area contributed by atoms with Gasteiger partial charge in [-0.05, 0) is 50.1 Å². The van der Waals surface area contributed by atoms with E-state index in [1.54, 1.807) is 55.3 Å². The molecule has 1 aliphatic rings. The van der Waals surface area contributed by atoms with E-state index in [2.05, 4.69) is 0 Å². The number of piperidine rings is 1. The Morgan fingerprint density at radius 2 is 1.86 bits per heavy atom. The number of amides is 1. The van der Waals surface area contributed by atoms with E-state index in [-0.39, 0.29) is 23.4 Å². The van der Waals surface area contributed by atoms with Gasteiger partial charge in [-0.3, -0.25) is 9.59 Å². The average Bonchev–Trinajstić information content (AvgIpc) is 2.74. The van der Waals surface area contributed by atoms with E-state index in [0.717, 1.165) is 12.8 Å². The van der Waals surface area contributed by atoms with E-state index >= 15 is 0 Å². The lowest BCUT2D eigenvalue weighted by Crippen LogP contribution is -2.42. The number of carbonyl (C=O) groups is 2. The molecule has 1 unspecified atom stereocenters. The third-order valence-electron chi connectivity index (χ3n) is 5.28. The summed E-state index contributed by atoms with van der Waals surface area (Å²) in [5.74, 6) is 0.741. The molecule has 3 rings (SSSR count). The number of benzene rings is 2. The quantitative estimate of drug-likeness (QED) is 0.801. The molecule has 1 fully saturated rings. The summed E-state index contributed by atoms with van der Waals surface area (Å²) in [6, 6.07) is 10.0. The molecule has 148 valence electrons. The Labute approximate surface area is 164 Å². The van der Waals surface area contributed by atoms with Gasteiger partial charge in [0.05, 0.1) is 14.2 Å². The summed E-state index contributed by atoms with van der Waals surface area (Å²) in [5, 5.41) is 9.88. The van der Waals surface area contributed by atoms with Crippen LogP contribution in [0, 0.1) is 12.8 Å². The highest BCUT2D eigenvalue weighted by atomic mass is 16.5. The maximum Gasteiger partial charge on any atom is 0.254 e. The van der Waals surface area contributed by atoms with Gasteiger partial charge in [0.15, 0.2) is 17.3 Å². The van der Waals surface area contributed by atoms with Crippen molar-refractivity contribution in [2.45, 2.75) is 19.8 Å². The molecule has 0 bridgehead atoms. The lowest BCUT2D eigenvalue weighted by molar-refractivity contribution is 0.0636. The molecule has 6 heteroatoms. The van der Waals surface area contributed by atoms with Crippen LogP contribution in [0.1, 0.15) is 39.1 Å². The Morgan fingerprint density at radius 3 is 2.57 bits per heavy atom. The predicted octanol–water partition coefficient (Wildman–Crippen LogP) is 3.45. The molecule has 0 aromatic heterocycles. The van der Waals surface area contributed by atoms with Crippen LogP contribution in [0.4, 0.5) is 0 Å². The highest BCUT2D eigenvalue weighted by Crippen LogP contribution is 2.30. The lowest BCUT2D eigenvalue weighted by Gasteiger charge is -2.32. The number of rotatable bonds is 5. The number of Topliss-reactive ketones (excluding diaryl/α,β-unsaturated/α-hetero) is 1. The van der Waals surface area contributed by atoms with Gasteiger partial charge >= 0.3 is 0 Å². The number of methoxy groups -OCH3 is 2. The topological polar surface area (TPSA) is 76.1 Å². The lowest BCUT2D eigenvalue weighted by atomic mass is 9.89. The van der Waals surface area contributed by atoms with Gasteiger partial charge < -0.3 is 19.5 Å². The minimum atomic E-state index is -0.270. The molecule has 1 aliphatic heterocycles. The fraction of sp³-hybridized carbons (Fsp3) is 0.364. The molecule has 1 saturated heterocycles. The minimum Gasteiger partial charge on any atom is -0.508 e. The van der Waals surface area contributed by atoms with Gasteiger partial charge in [-0.2, -0.15) is 0 Å². The number of hydrogen-bond acceptors (Lipinski definition) is 5. The summed E-state index contributed by atoms with van der Waals surface area (Å²) in [5.41, 5.74) is 1.57. The van der Waals surface area contributed by atoms with Crippen LogP contribution < -0.4 is 9.47 Å². The molecular weight excluding hydrogens is 358 g/mol. The van der Waals surface area contributed by atoms with Crippen molar-refractivity contribution in [3.05, 3.63) is 53.1 Å². The third-order valence-corrected chi connectivity index (χ3v) is 5.28. The van der Waals surface area contributed by atoms with Crippen LogP contribution in [-0.2, 0) is 0 Å². The summed E-state index contributed by atoms with van der Waals surface area (Å²) in [7, 11) is 3.08. The zero-order chi connectivity index (χ0) is 20.3. The van der Waals surface area contributed by atoms with Gasteiger partial charge in [0, 0.05) is 35.7 Å². The second-order valence-electron chi connectivity index (χ2n) is 6.97. The smallest absolute Gasteiger partial charge is 0.254 e. The SMILES string of the molecule is COc1ccc(C(=O)C2CCCN(C(=O)c3cccc(O)c3C)C2)cc1OC. The van der Waals surface area contributed by atoms with Crippen LogP contribution in [0.5, 0.6) is 17.2 Å². The van der Waals surface area contributed by atoms with Crippen molar-refractivity contribution >= 4 is 11.7 Å². The monoisotopic (exact) mass is 383 g/mol. The molecule has 1 N–H and O–H groups in total. The van der Waals surface area contributed by atoms with E-state index in [1.807, 2.05) is 0 Å². The van der Waals surface area contributed by atoms with Crippen molar-refractivity contribution in [3.63, 3.8) is 0 Å². The van der Waals surface area contributed by atoms with Crippen LogP contribution in [0.25, 0.3) is 0 Å². The average molecular weight is 383 g/mol. The Hall–Kier alpha value is -3.02. The van der Waals surface area contributed by atoms with Crippen LogP contribution in [0.2, 0.25) is 0 Å². The number of phenolic OH excluding ortho intramolecular Hbond substituents is 1. The first-order valence-corrected chi connectivity index (χ1v) is 9.30. The number of phenols is 1. The van der Waals surface area contributed by atoms with Crippen LogP contribution in [0.3, 0.4) is 0 Å². The summed E-state index contributed by atoms with van der Waals surface area (Å²) < 4.78 is 10.5. The second-order valence-corrected chi connectivity index (χ2v) is 6.97. The summed E-state index contributed by atoms with van der Waals surface area (Å²) >= 11 is 0. The Bertz CT molecular complexity index is 892. The first kappa shape index (κ1) is 19.7. The van der Waals surface area contributed by atoms with Crippen molar-refractivity contribution in [2.24, 2.45) is 5.92 Å². The molecule has 2 aromatic carbocycles. The minimum absolute atomic E-state index is 0.00826. The first-order valence-electron chi connectivity index (χ1n) is 9.30. The Morgan fingerprint density at radius 1 is 1.11 bits per heavy atom. The van der Waals surface area contributed by atoms with Crippen LogP contribution in [-0.4, -0.2) is 49.0 Å². The fourth-order valence-corrected chi connectivity index (χ4v) is 3.63. The molecule has 6 nitrogen and oxygen atoms in total. The summed E-state index contributed by atoms with van der Waals surface area (Å²) in [6.07, 6.45) is 1.49. The molecule has 1 atom stereocenters. The zero-order valence-corrected chi connectivity index (χ0v) is 16.4. The van der Waals surface area contributed by atoms with Crippen molar-refractivity contribution in [2.75, 3.05) is 27.3 Å². The number of carbonyl (C=O) groups excluding carboxylic acids is 2. The largest absolute Gasteiger partial charge is 0.508 e. The highest BCUT2D eigenvalue weighted by Gasteiger charge is 2.30. The van der Waals surface area contributed by atoms with Crippen molar-refractivity contribution < 1.29 is 24.2 Å². The maximum atomic E-state index is 13.0. The van der Waals surface area contributed by atoms with E-state index < -0.39 is 0 Å². The van der Waals surface area contributed by atoms with Crippen molar-refractivity contribution in [1.29, 1.82) is 0 Å². The van der Waals surface area contributed by atoms with Crippen molar-refractivity contribution in [3.8, 4) is 17.2 Å². The molecule has 2 aromatic rings. The van der Waals surface area contributed by atoms with E-state index in [4.69, 9.17) is 9.47 Å². The normalized spacial score (nSPS) is 16.5. The summed E-state index contributed by atoms with van der Waals surface area (Å²) in [6.45, 7) is 2.68. The van der Waals surface area contributed by atoms with Crippen LogP contribution >= 0.6 is 0 Å². The molecule has 0 saturated carbocycles. The number of hydrogen-bond donors (Lipinski definition) is 1. The van der Waals surface area contributed by atoms with E-state index in [1.165, 1.54) is 7.11 Å². The van der Waals surface area contributed by atoms with Crippen LogP contribution in [0.15, 0.2) is 36.4 Å². The molecule has 0 aliphatic carbocycles. The van der Waals surface area contributed by atoms with Gasteiger partial charge in [0.25, 0.3) is 5.91 Å². The van der Waals surface area contributed by atoms with Gasteiger partial charge in [0.2, 0.25) is 0 Å². The molecule has 28 heavy (non-hydrogen) atoms. The second kappa shape index (κ2) is 8.33. The van der Waals surface area contributed by atoms with E-state index in [9.17, 15) is 14.7 Å². The molecular formula is C22H25NO5. The Kier molecular flexibility index (Phi) is 5.87. The fourth-order valence-electron chi connectivity index (χ4n) is 3.63. The van der Waals surface area contributed by atoms with E-state index in [0.29, 0.717) is 41.3 Å². The third kappa shape index (κ3) is 3.81. The molecule has 0 spiro atoms. The number of ketones is 1. The number of nitrogens with zero attached hydrogens (tertiary/aromatic N) is 1. The number of aromatic hydroxyl groups is 1. The van der Waals surface area contributed by atoms with Crippen molar-refractivity contribution in [1.82, 2.24) is 4.90 Å². The molecule has 0 radical (unpaired) electrons. The predicted molar refractivity (Wildman–Crippen MR) is 105 cm³/mol. The zero-order valence-electron chi connectivity index (χ0n) is 16.4. The maximum absolute atomic E-state index is 13.0. The first-order chi connectivity index (χ1) is 13.5. The number of likely N-dealkylation sites (tertiary alicyclic amines) is 1. The van der Waals surface area contributed by atoms with Gasteiger partial charge in [0.1, 0.15) is 5.75 Å².